The Morgan fingerprint density at radius 3 is 2.75 bits per heavy atom. The molecule has 2 unspecified atom stereocenters. The van der Waals surface area contributed by atoms with Crippen LogP contribution in [0.2, 0.25) is 0 Å². The molecule has 1 fully saturated rings. The summed E-state index contributed by atoms with van der Waals surface area (Å²) < 4.78 is 6.96. The lowest BCUT2D eigenvalue weighted by atomic mass is 10.0. The van der Waals surface area contributed by atoms with Gasteiger partial charge in [-0.15, -0.1) is 0 Å². The summed E-state index contributed by atoms with van der Waals surface area (Å²) in [6.07, 6.45) is 6.90. The maximum absolute atomic E-state index is 13.3. The van der Waals surface area contributed by atoms with E-state index in [0.717, 1.165) is 37.9 Å². The molecule has 2 heterocycles. The molecule has 1 aliphatic rings. The normalized spacial score (nSPS) is 17.2. The van der Waals surface area contributed by atoms with Crippen molar-refractivity contribution >= 4 is 17.7 Å². The number of hydrogen-bond donors (Lipinski definition) is 1. The van der Waals surface area contributed by atoms with Crippen molar-refractivity contribution in [2.24, 2.45) is 7.05 Å². The molecular formula is C28H42N4O3S. The van der Waals surface area contributed by atoms with Gasteiger partial charge in [-0.25, -0.2) is 4.98 Å². The van der Waals surface area contributed by atoms with Gasteiger partial charge >= 0.3 is 0 Å². The van der Waals surface area contributed by atoms with E-state index in [4.69, 9.17) is 9.72 Å². The number of methoxy groups -OCH3 is 1. The summed E-state index contributed by atoms with van der Waals surface area (Å²) in [6, 6.07) is 10.5. The Labute approximate surface area is 220 Å². The summed E-state index contributed by atoms with van der Waals surface area (Å²) >= 11 is 1.38. The number of aromatic nitrogens is 2. The van der Waals surface area contributed by atoms with E-state index in [1.807, 2.05) is 30.3 Å². The molecule has 36 heavy (non-hydrogen) atoms. The van der Waals surface area contributed by atoms with Crippen LogP contribution in [0.3, 0.4) is 0 Å². The number of piperidine rings is 1. The van der Waals surface area contributed by atoms with E-state index in [1.165, 1.54) is 31.0 Å². The Hall–Kier alpha value is -2.16. The van der Waals surface area contributed by atoms with Gasteiger partial charge in [0.05, 0.1) is 17.6 Å². The first-order valence-corrected chi connectivity index (χ1v) is 14.1. The van der Waals surface area contributed by atoms with Crippen molar-refractivity contribution in [3.63, 3.8) is 0 Å². The van der Waals surface area contributed by atoms with Crippen molar-refractivity contribution in [1.29, 1.82) is 0 Å². The van der Waals surface area contributed by atoms with Crippen molar-refractivity contribution < 1.29 is 9.53 Å². The molecule has 1 aromatic carbocycles. The molecule has 1 N–H and O–H groups in total. The van der Waals surface area contributed by atoms with E-state index in [9.17, 15) is 9.59 Å². The third-order valence-electron chi connectivity index (χ3n) is 6.89. The lowest BCUT2D eigenvalue weighted by molar-refractivity contribution is -0.120. The highest BCUT2D eigenvalue weighted by atomic mass is 32.2. The number of amides is 1. The summed E-state index contributed by atoms with van der Waals surface area (Å²) in [5.41, 5.74) is 2.24. The van der Waals surface area contributed by atoms with Gasteiger partial charge in [0, 0.05) is 45.3 Å². The van der Waals surface area contributed by atoms with Crippen molar-refractivity contribution in [1.82, 2.24) is 19.8 Å². The van der Waals surface area contributed by atoms with E-state index >= 15 is 0 Å². The molecule has 198 valence electrons. The second kappa shape index (κ2) is 14.5. The van der Waals surface area contributed by atoms with Gasteiger partial charge in [-0.3, -0.25) is 14.2 Å². The van der Waals surface area contributed by atoms with Crippen molar-refractivity contribution in [3.05, 3.63) is 57.5 Å². The maximum Gasteiger partial charge on any atom is 0.257 e. The predicted octanol–water partition coefficient (Wildman–Crippen LogP) is 4.16. The molecule has 8 heteroatoms. The molecule has 1 amide bonds. The summed E-state index contributed by atoms with van der Waals surface area (Å²) in [7, 11) is 3.35. The maximum atomic E-state index is 13.3. The number of hydrogen-bond acceptors (Lipinski definition) is 6. The van der Waals surface area contributed by atoms with E-state index < -0.39 is 0 Å². The van der Waals surface area contributed by atoms with Crippen molar-refractivity contribution in [2.75, 3.05) is 26.7 Å². The number of nitrogens with zero attached hydrogens (tertiary/aromatic N) is 3. The van der Waals surface area contributed by atoms with Crippen LogP contribution in [-0.4, -0.2) is 58.4 Å². The number of rotatable bonds is 13. The SMILES string of the molecule is CCCC(Sc1nc(COC)c(Cc2ccccc2)c(=O)n1C)C(=O)NCCCN1CCCCC1C. The smallest absolute Gasteiger partial charge is 0.257 e. The zero-order chi connectivity index (χ0) is 25.9. The fourth-order valence-corrected chi connectivity index (χ4v) is 5.94. The fraction of sp³-hybridized carbons (Fsp3) is 0.607. The molecule has 0 aliphatic carbocycles. The third-order valence-corrected chi connectivity index (χ3v) is 8.20. The largest absolute Gasteiger partial charge is 0.378 e. The second-order valence-corrected chi connectivity index (χ2v) is 10.9. The van der Waals surface area contributed by atoms with Gasteiger partial charge in [0.25, 0.3) is 5.56 Å². The zero-order valence-corrected chi connectivity index (χ0v) is 23.1. The quantitative estimate of drug-likeness (QED) is 0.246. The first kappa shape index (κ1) is 28.4. The van der Waals surface area contributed by atoms with Crippen LogP contribution in [0.4, 0.5) is 0 Å². The molecule has 1 aliphatic heterocycles. The number of likely N-dealkylation sites (tertiary alicyclic amines) is 1. The lowest BCUT2D eigenvalue weighted by Gasteiger charge is -2.33. The molecule has 3 rings (SSSR count). The van der Waals surface area contributed by atoms with Gasteiger partial charge in [-0.1, -0.05) is 61.9 Å². The van der Waals surface area contributed by atoms with Crippen LogP contribution in [-0.2, 0) is 29.6 Å². The van der Waals surface area contributed by atoms with Gasteiger partial charge in [0.15, 0.2) is 5.16 Å². The summed E-state index contributed by atoms with van der Waals surface area (Å²) in [5, 5.41) is 3.39. The Morgan fingerprint density at radius 1 is 1.28 bits per heavy atom. The molecule has 7 nitrogen and oxygen atoms in total. The Kier molecular flexibility index (Phi) is 11.5. The van der Waals surface area contributed by atoms with Crippen LogP contribution in [0.1, 0.15) is 69.2 Å². The standard InChI is InChI=1S/C28H42N4O3S/c1-5-12-25(26(33)29-16-11-18-32-17-10-9-13-21(32)2)36-28-30-24(20-35-4)23(27(34)31(28)3)19-22-14-7-6-8-15-22/h6-8,14-15,21,25H,5,9-13,16-20H2,1-4H3,(H,29,33). The highest BCUT2D eigenvalue weighted by Crippen LogP contribution is 2.25. The number of ether oxygens (including phenoxy) is 1. The second-order valence-electron chi connectivity index (χ2n) is 9.70. The molecule has 2 atom stereocenters. The van der Waals surface area contributed by atoms with E-state index in [0.29, 0.717) is 35.4 Å². The van der Waals surface area contributed by atoms with Gasteiger partial charge < -0.3 is 15.0 Å². The average Bonchev–Trinajstić information content (AvgIpc) is 2.88. The van der Waals surface area contributed by atoms with Crippen LogP contribution in [0.5, 0.6) is 0 Å². The number of carbonyl (C=O) groups is 1. The molecule has 1 aromatic heterocycles. The minimum Gasteiger partial charge on any atom is -0.378 e. The lowest BCUT2D eigenvalue weighted by Crippen LogP contribution is -2.40. The predicted molar refractivity (Wildman–Crippen MR) is 147 cm³/mol. The minimum atomic E-state index is -0.294. The number of carbonyl (C=O) groups excluding carboxylic acids is 1. The molecule has 2 aromatic rings. The zero-order valence-electron chi connectivity index (χ0n) is 22.3. The summed E-state index contributed by atoms with van der Waals surface area (Å²) in [6.45, 7) is 7.47. The number of benzene rings is 1. The van der Waals surface area contributed by atoms with E-state index in [1.54, 1.807) is 18.7 Å². The van der Waals surface area contributed by atoms with Crippen LogP contribution in [0.25, 0.3) is 0 Å². The van der Waals surface area contributed by atoms with Crippen LogP contribution < -0.4 is 10.9 Å². The van der Waals surface area contributed by atoms with Crippen molar-refractivity contribution in [2.45, 2.75) is 81.8 Å². The summed E-state index contributed by atoms with van der Waals surface area (Å²) in [5.74, 6) is 0.0180. The third kappa shape index (κ3) is 7.92. The fourth-order valence-electron chi connectivity index (χ4n) is 4.74. The van der Waals surface area contributed by atoms with Crippen LogP contribution in [0, 0.1) is 0 Å². The highest BCUT2D eigenvalue weighted by molar-refractivity contribution is 8.00. The van der Waals surface area contributed by atoms with Gasteiger partial charge in [-0.05, 0) is 44.7 Å². The van der Waals surface area contributed by atoms with E-state index in [2.05, 4.69) is 24.1 Å². The molecular weight excluding hydrogens is 472 g/mol. The van der Waals surface area contributed by atoms with Crippen LogP contribution in [0.15, 0.2) is 40.3 Å². The van der Waals surface area contributed by atoms with Crippen molar-refractivity contribution in [3.8, 4) is 0 Å². The molecule has 0 radical (unpaired) electrons. The highest BCUT2D eigenvalue weighted by Gasteiger charge is 2.24. The molecule has 1 saturated heterocycles. The first-order valence-electron chi connectivity index (χ1n) is 13.2. The molecule has 0 bridgehead atoms. The monoisotopic (exact) mass is 514 g/mol. The average molecular weight is 515 g/mol. The number of nitrogens with one attached hydrogen (secondary N) is 1. The van der Waals surface area contributed by atoms with E-state index in [-0.39, 0.29) is 23.3 Å². The summed E-state index contributed by atoms with van der Waals surface area (Å²) in [4.78, 5) is 33.8. The minimum absolute atomic E-state index is 0.0180. The van der Waals surface area contributed by atoms with Gasteiger partial charge in [0.2, 0.25) is 5.91 Å². The number of thioether (sulfide) groups is 1. The topological polar surface area (TPSA) is 76.5 Å². The first-order chi connectivity index (χ1) is 17.4. The van der Waals surface area contributed by atoms with Gasteiger partial charge in [-0.2, -0.15) is 0 Å². The molecule has 0 saturated carbocycles. The van der Waals surface area contributed by atoms with Crippen LogP contribution >= 0.6 is 11.8 Å². The Bertz CT molecular complexity index is 1030. The van der Waals surface area contributed by atoms with Gasteiger partial charge in [0.1, 0.15) is 0 Å². The molecule has 0 spiro atoms. The Morgan fingerprint density at radius 2 is 2.06 bits per heavy atom. The Balaban J connectivity index is 1.68.